The van der Waals surface area contributed by atoms with Crippen molar-refractivity contribution in [1.82, 2.24) is 0 Å². The van der Waals surface area contributed by atoms with Crippen LogP contribution in [0.15, 0.2) is 90.5 Å². The lowest BCUT2D eigenvalue weighted by molar-refractivity contribution is -0.112. The predicted octanol–water partition coefficient (Wildman–Crippen LogP) is 7.76. The Labute approximate surface area is 250 Å². The van der Waals surface area contributed by atoms with Crippen molar-refractivity contribution in [3.8, 4) is 29.1 Å². The van der Waals surface area contributed by atoms with Crippen LogP contribution in [0.1, 0.15) is 29.2 Å². The van der Waals surface area contributed by atoms with Gasteiger partial charge in [0.1, 0.15) is 24.9 Å². The van der Waals surface area contributed by atoms with Crippen LogP contribution in [0.2, 0.25) is 5.02 Å². The molecular formula is C34H31ClN2O5. The summed E-state index contributed by atoms with van der Waals surface area (Å²) >= 11 is 6.58. The molecule has 214 valence electrons. The van der Waals surface area contributed by atoms with E-state index in [1.165, 1.54) is 13.2 Å². The van der Waals surface area contributed by atoms with E-state index < -0.39 is 5.91 Å². The van der Waals surface area contributed by atoms with Gasteiger partial charge in [-0.2, -0.15) is 5.26 Å². The molecule has 7 nitrogen and oxygen atoms in total. The van der Waals surface area contributed by atoms with Crippen LogP contribution in [0.4, 0.5) is 5.69 Å². The second-order valence-electron chi connectivity index (χ2n) is 9.25. The molecule has 4 aromatic carbocycles. The maximum Gasteiger partial charge on any atom is 0.266 e. The number of nitrogens with zero attached hydrogens (tertiary/aromatic N) is 1. The van der Waals surface area contributed by atoms with Crippen molar-refractivity contribution in [3.63, 3.8) is 0 Å². The molecule has 4 rings (SSSR count). The molecule has 1 amide bonds. The molecule has 1 N–H and O–H groups in total. The maximum absolute atomic E-state index is 12.8. The molecule has 0 aliphatic heterocycles. The fraction of sp³-hybridized carbons (Fsp3) is 0.176. The van der Waals surface area contributed by atoms with Gasteiger partial charge < -0.3 is 24.3 Å². The highest BCUT2D eigenvalue weighted by atomic mass is 35.5. The molecule has 0 unspecified atom stereocenters. The number of rotatable bonds is 12. The number of nitrogens with one attached hydrogen (secondary N) is 1. The Balaban J connectivity index is 1.49. The van der Waals surface area contributed by atoms with E-state index in [1.54, 1.807) is 18.2 Å². The van der Waals surface area contributed by atoms with E-state index in [9.17, 15) is 10.1 Å². The molecule has 0 aromatic heterocycles. The van der Waals surface area contributed by atoms with Crippen molar-refractivity contribution < 1.29 is 23.7 Å². The van der Waals surface area contributed by atoms with Gasteiger partial charge in [0.15, 0.2) is 23.0 Å². The fourth-order valence-electron chi connectivity index (χ4n) is 4.10. The Hall–Kier alpha value is -4.93. The number of hydrogen-bond acceptors (Lipinski definition) is 6. The summed E-state index contributed by atoms with van der Waals surface area (Å²) in [5.74, 6) is 1.42. The Morgan fingerprint density at radius 3 is 2.33 bits per heavy atom. The molecule has 0 saturated carbocycles. The number of hydrogen-bond donors (Lipinski definition) is 1. The van der Waals surface area contributed by atoms with Gasteiger partial charge in [-0.05, 0) is 72.5 Å². The van der Waals surface area contributed by atoms with Gasteiger partial charge in [-0.15, -0.1) is 0 Å². The van der Waals surface area contributed by atoms with Crippen LogP contribution in [0, 0.1) is 18.3 Å². The number of nitriles is 1. The number of carbonyl (C=O) groups is 1. The lowest BCUT2D eigenvalue weighted by atomic mass is 10.1. The van der Waals surface area contributed by atoms with Gasteiger partial charge >= 0.3 is 0 Å². The van der Waals surface area contributed by atoms with Gasteiger partial charge in [-0.25, -0.2) is 0 Å². The number of carbonyl (C=O) groups excluding carboxylic acids is 1. The van der Waals surface area contributed by atoms with Crippen molar-refractivity contribution in [2.45, 2.75) is 27.1 Å². The Bertz CT molecular complexity index is 1610. The maximum atomic E-state index is 12.8. The Morgan fingerprint density at radius 1 is 0.881 bits per heavy atom. The average Bonchev–Trinajstić information content (AvgIpc) is 3.00. The van der Waals surface area contributed by atoms with E-state index in [2.05, 4.69) is 5.32 Å². The van der Waals surface area contributed by atoms with Crippen molar-refractivity contribution >= 4 is 29.3 Å². The molecule has 0 atom stereocenters. The first-order valence-electron chi connectivity index (χ1n) is 13.3. The quantitative estimate of drug-likeness (QED) is 0.136. The zero-order chi connectivity index (χ0) is 29.9. The third kappa shape index (κ3) is 7.84. The number of aryl methyl sites for hydroxylation is 1. The van der Waals surface area contributed by atoms with Crippen molar-refractivity contribution in [2.75, 3.05) is 19.0 Å². The third-order valence-corrected chi connectivity index (χ3v) is 6.53. The molecule has 42 heavy (non-hydrogen) atoms. The van der Waals surface area contributed by atoms with Gasteiger partial charge in [0.05, 0.1) is 18.7 Å². The van der Waals surface area contributed by atoms with Crippen molar-refractivity contribution in [3.05, 3.63) is 118 Å². The average molecular weight is 583 g/mol. The van der Waals surface area contributed by atoms with Crippen molar-refractivity contribution in [2.24, 2.45) is 0 Å². The van der Waals surface area contributed by atoms with Gasteiger partial charge in [0.2, 0.25) is 0 Å². The monoisotopic (exact) mass is 582 g/mol. The van der Waals surface area contributed by atoms with E-state index in [4.69, 9.17) is 30.5 Å². The Kier molecular flexibility index (Phi) is 10.5. The summed E-state index contributed by atoms with van der Waals surface area (Å²) in [4.78, 5) is 12.8. The highest BCUT2D eigenvalue weighted by Gasteiger charge is 2.16. The summed E-state index contributed by atoms with van der Waals surface area (Å²) in [5, 5.41) is 12.7. The molecule has 0 fully saturated rings. The SMILES string of the molecule is CCOc1cc(COc2c(Cl)cc(/C=C(/C#N)C(=O)Nc3ccccc3C)cc2OC)ccc1OCc1ccccc1. The largest absolute Gasteiger partial charge is 0.493 e. The van der Waals surface area contributed by atoms with Crippen LogP contribution in [0.5, 0.6) is 23.0 Å². The summed E-state index contributed by atoms with van der Waals surface area (Å²) in [7, 11) is 1.49. The molecule has 0 aliphatic rings. The lowest BCUT2D eigenvalue weighted by Crippen LogP contribution is -2.14. The smallest absolute Gasteiger partial charge is 0.266 e. The first-order chi connectivity index (χ1) is 20.4. The van der Waals surface area contributed by atoms with E-state index in [-0.39, 0.29) is 17.2 Å². The number of halogens is 1. The van der Waals surface area contributed by atoms with E-state index in [1.807, 2.05) is 86.6 Å². The molecule has 0 heterocycles. The topological polar surface area (TPSA) is 89.8 Å². The Morgan fingerprint density at radius 2 is 1.62 bits per heavy atom. The summed E-state index contributed by atoms with van der Waals surface area (Å²) in [6, 6.07) is 28.1. The van der Waals surface area contributed by atoms with E-state index in [0.29, 0.717) is 47.5 Å². The second-order valence-corrected chi connectivity index (χ2v) is 9.66. The molecule has 8 heteroatoms. The molecule has 4 aromatic rings. The number of ether oxygens (including phenoxy) is 4. The first kappa shape index (κ1) is 30.0. The molecule has 0 bridgehead atoms. The second kappa shape index (κ2) is 14.6. The zero-order valence-electron chi connectivity index (χ0n) is 23.6. The standard InChI is InChI=1S/C34H31ClN2O5/c1-4-40-31-18-25(14-15-30(31)41-21-24-11-6-5-7-12-24)22-42-33-28(35)17-26(19-32(33)39-3)16-27(20-36)34(38)37-29-13-9-8-10-23(29)2/h5-19H,4,21-22H2,1-3H3,(H,37,38)/b27-16-. The van der Waals surface area contributed by atoms with Crippen LogP contribution in [0.3, 0.4) is 0 Å². The zero-order valence-corrected chi connectivity index (χ0v) is 24.4. The highest BCUT2D eigenvalue weighted by molar-refractivity contribution is 6.32. The number of para-hydroxylation sites is 1. The van der Waals surface area contributed by atoms with Crippen LogP contribution in [-0.4, -0.2) is 19.6 Å². The molecule has 0 spiro atoms. The van der Waals surface area contributed by atoms with Crippen LogP contribution in [0.25, 0.3) is 6.08 Å². The van der Waals surface area contributed by atoms with Gasteiger partial charge in [-0.1, -0.05) is 66.2 Å². The fourth-order valence-corrected chi connectivity index (χ4v) is 4.38. The van der Waals surface area contributed by atoms with E-state index >= 15 is 0 Å². The number of amides is 1. The summed E-state index contributed by atoms with van der Waals surface area (Å²) in [5.41, 5.74) is 3.85. The number of anilines is 1. The summed E-state index contributed by atoms with van der Waals surface area (Å²) < 4.78 is 23.4. The summed E-state index contributed by atoms with van der Waals surface area (Å²) in [6.07, 6.45) is 1.45. The molecule has 0 aliphatic carbocycles. The predicted molar refractivity (Wildman–Crippen MR) is 164 cm³/mol. The van der Waals surface area contributed by atoms with Crippen LogP contribution >= 0.6 is 11.6 Å². The highest BCUT2D eigenvalue weighted by Crippen LogP contribution is 2.38. The van der Waals surface area contributed by atoms with Crippen molar-refractivity contribution in [1.29, 1.82) is 5.26 Å². The third-order valence-electron chi connectivity index (χ3n) is 6.25. The van der Waals surface area contributed by atoms with Gasteiger partial charge in [0.25, 0.3) is 5.91 Å². The van der Waals surface area contributed by atoms with Crippen LogP contribution in [-0.2, 0) is 18.0 Å². The minimum absolute atomic E-state index is 0.0805. The summed E-state index contributed by atoms with van der Waals surface area (Å²) in [6.45, 7) is 4.88. The van der Waals surface area contributed by atoms with Crippen LogP contribution < -0.4 is 24.3 Å². The molecular weight excluding hydrogens is 552 g/mol. The minimum atomic E-state index is -0.525. The number of methoxy groups -OCH3 is 1. The normalized spacial score (nSPS) is 10.9. The minimum Gasteiger partial charge on any atom is -0.493 e. The van der Waals surface area contributed by atoms with Gasteiger partial charge in [0, 0.05) is 5.69 Å². The first-order valence-corrected chi connectivity index (χ1v) is 13.7. The van der Waals surface area contributed by atoms with E-state index in [0.717, 1.165) is 16.7 Å². The number of benzene rings is 4. The molecule has 0 saturated heterocycles. The molecule has 0 radical (unpaired) electrons. The lowest BCUT2D eigenvalue weighted by Gasteiger charge is -2.16. The van der Waals surface area contributed by atoms with Gasteiger partial charge in [-0.3, -0.25) is 4.79 Å².